The Morgan fingerprint density at radius 1 is 1.19 bits per heavy atom. The van der Waals surface area contributed by atoms with Gasteiger partial charge in [-0.15, -0.1) is 11.3 Å². The molecule has 3 rings (SSSR count). The van der Waals surface area contributed by atoms with Crippen LogP contribution in [0.3, 0.4) is 0 Å². The van der Waals surface area contributed by atoms with Crippen LogP contribution >= 0.6 is 11.3 Å². The Labute approximate surface area is 161 Å². The summed E-state index contributed by atoms with van der Waals surface area (Å²) in [6.07, 6.45) is 0.678. The van der Waals surface area contributed by atoms with E-state index in [0.29, 0.717) is 23.7 Å². The Balaban J connectivity index is 1.56. The smallest absolute Gasteiger partial charge is 0.271 e. The fourth-order valence-electron chi connectivity index (χ4n) is 2.52. The van der Waals surface area contributed by atoms with Crippen molar-refractivity contribution in [3.63, 3.8) is 0 Å². The summed E-state index contributed by atoms with van der Waals surface area (Å²) in [4.78, 5) is 25.0. The number of anilines is 1. The molecule has 140 valence electrons. The zero-order chi connectivity index (χ0) is 19.2. The molecule has 1 aromatic carbocycles. The maximum atomic E-state index is 12.3. The van der Waals surface area contributed by atoms with Gasteiger partial charge in [0.15, 0.2) is 5.69 Å². The second kappa shape index (κ2) is 8.50. The van der Waals surface area contributed by atoms with Gasteiger partial charge in [0.1, 0.15) is 11.6 Å². The predicted molar refractivity (Wildman–Crippen MR) is 105 cm³/mol. The molecule has 0 aliphatic heterocycles. The maximum Gasteiger partial charge on any atom is 0.271 e. The lowest BCUT2D eigenvalue weighted by Crippen LogP contribution is -2.26. The first kappa shape index (κ1) is 18.7. The van der Waals surface area contributed by atoms with Gasteiger partial charge in [-0.25, -0.2) is 0 Å². The van der Waals surface area contributed by atoms with Crippen LogP contribution in [-0.4, -0.2) is 35.2 Å². The molecule has 2 amide bonds. The molecule has 2 heterocycles. The summed E-state index contributed by atoms with van der Waals surface area (Å²) < 4.78 is 6.67. The van der Waals surface area contributed by atoms with Crippen LogP contribution in [0.15, 0.2) is 47.8 Å². The van der Waals surface area contributed by atoms with E-state index < -0.39 is 0 Å². The van der Waals surface area contributed by atoms with Crippen LogP contribution in [0.5, 0.6) is 5.75 Å². The van der Waals surface area contributed by atoms with Crippen LogP contribution in [0.1, 0.15) is 25.7 Å². The molecule has 0 radical (unpaired) electrons. The van der Waals surface area contributed by atoms with Crippen molar-refractivity contribution in [3.8, 4) is 5.75 Å². The number of aryl methyl sites for hydroxylation is 1. The van der Waals surface area contributed by atoms with Gasteiger partial charge >= 0.3 is 0 Å². The van der Waals surface area contributed by atoms with Crippen molar-refractivity contribution in [1.29, 1.82) is 0 Å². The summed E-state index contributed by atoms with van der Waals surface area (Å²) in [7, 11) is 3.30. The van der Waals surface area contributed by atoms with Gasteiger partial charge in [-0.1, -0.05) is 18.2 Å². The molecule has 0 fully saturated rings. The van der Waals surface area contributed by atoms with Crippen molar-refractivity contribution >= 4 is 29.0 Å². The third-order valence-corrected chi connectivity index (χ3v) is 4.80. The number of carbonyl (C=O) groups is 2. The van der Waals surface area contributed by atoms with E-state index in [-0.39, 0.29) is 17.5 Å². The van der Waals surface area contributed by atoms with Crippen LogP contribution in [0.25, 0.3) is 0 Å². The SMILES string of the molecule is COc1cccc(CCNC(=O)c2cc(NC(=O)c3cccs3)n(C)n2)c1. The molecule has 27 heavy (non-hydrogen) atoms. The topological polar surface area (TPSA) is 85.3 Å². The highest BCUT2D eigenvalue weighted by Gasteiger charge is 2.15. The van der Waals surface area contributed by atoms with Crippen molar-refractivity contribution in [3.05, 3.63) is 64.0 Å². The number of thiophene rings is 1. The summed E-state index contributed by atoms with van der Waals surface area (Å²) in [6, 6.07) is 12.8. The monoisotopic (exact) mass is 384 g/mol. The highest BCUT2D eigenvalue weighted by molar-refractivity contribution is 7.12. The normalized spacial score (nSPS) is 10.4. The second-order valence-corrected chi connectivity index (χ2v) is 6.77. The molecule has 0 spiro atoms. The molecular formula is C19H20N4O3S. The average Bonchev–Trinajstić information content (AvgIpc) is 3.32. The standard InChI is InChI=1S/C19H20N4O3S/c1-23-17(21-19(25)16-7-4-10-27-16)12-15(22-23)18(24)20-9-8-13-5-3-6-14(11-13)26-2/h3-7,10-12H,8-9H2,1-2H3,(H,20,24)(H,21,25). The summed E-state index contributed by atoms with van der Waals surface area (Å²) >= 11 is 1.35. The number of amides is 2. The first-order valence-electron chi connectivity index (χ1n) is 8.37. The predicted octanol–water partition coefficient (Wildman–Crippen LogP) is 2.72. The molecule has 2 aromatic heterocycles. The Hall–Kier alpha value is -3.13. The number of methoxy groups -OCH3 is 1. The molecule has 8 heteroatoms. The highest BCUT2D eigenvalue weighted by atomic mass is 32.1. The number of benzene rings is 1. The van der Waals surface area contributed by atoms with E-state index >= 15 is 0 Å². The zero-order valence-electron chi connectivity index (χ0n) is 15.1. The first-order valence-corrected chi connectivity index (χ1v) is 9.25. The molecule has 0 atom stereocenters. The minimum absolute atomic E-state index is 0.224. The molecular weight excluding hydrogens is 364 g/mol. The fraction of sp³-hybridized carbons (Fsp3) is 0.211. The largest absolute Gasteiger partial charge is 0.497 e. The van der Waals surface area contributed by atoms with Crippen LogP contribution in [0, 0.1) is 0 Å². The van der Waals surface area contributed by atoms with Crippen LogP contribution in [0.2, 0.25) is 0 Å². The number of rotatable bonds is 7. The van der Waals surface area contributed by atoms with Gasteiger partial charge in [-0.05, 0) is 35.6 Å². The van der Waals surface area contributed by atoms with E-state index in [9.17, 15) is 9.59 Å². The van der Waals surface area contributed by atoms with Gasteiger partial charge in [-0.3, -0.25) is 14.3 Å². The molecule has 3 aromatic rings. The molecule has 7 nitrogen and oxygen atoms in total. The lowest BCUT2D eigenvalue weighted by atomic mass is 10.1. The number of ether oxygens (including phenoxy) is 1. The Morgan fingerprint density at radius 2 is 2.04 bits per heavy atom. The Bertz CT molecular complexity index is 934. The van der Waals surface area contributed by atoms with Crippen molar-refractivity contribution in [1.82, 2.24) is 15.1 Å². The fourth-order valence-corrected chi connectivity index (χ4v) is 3.14. The van der Waals surface area contributed by atoms with E-state index in [4.69, 9.17) is 4.74 Å². The van der Waals surface area contributed by atoms with Crippen LogP contribution in [-0.2, 0) is 13.5 Å². The summed E-state index contributed by atoms with van der Waals surface area (Å²) in [6.45, 7) is 0.472. The number of hydrogen-bond donors (Lipinski definition) is 2. The number of nitrogens with zero attached hydrogens (tertiary/aromatic N) is 2. The van der Waals surface area contributed by atoms with Crippen molar-refractivity contribution < 1.29 is 14.3 Å². The number of carbonyl (C=O) groups excluding carboxylic acids is 2. The lowest BCUT2D eigenvalue weighted by Gasteiger charge is -2.05. The average molecular weight is 384 g/mol. The molecule has 0 unspecified atom stereocenters. The first-order chi connectivity index (χ1) is 13.1. The quantitative estimate of drug-likeness (QED) is 0.656. The number of nitrogens with one attached hydrogen (secondary N) is 2. The molecule has 0 aliphatic rings. The van der Waals surface area contributed by atoms with Crippen molar-refractivity contribution in [2.75, 3.05) is 19.0 Å². The molecule has 2 N–H and O–H groups in total. The van der Waals surface area contributed by atoms with E-state index in [0.717, 1.165) is 11.3 Å². The third-order valence-electron chi connectivity index (χ3n) is 3.93. The van der Waals surface area contributed by atoms with E-state index in [2.05, 4.69) is 15.7 Å². The summed E-state index contributed by atoms with van der Waals surface area (Å²) in [5.74, 6) is 0.740. The lowest BCUT2D eigenvalue weighted by molar-refractivity contribution is 0.0947. The summed E-state index contributed by atoms with van der Waals surface area (Å²) in [5.41, 5.74) is 1.32. The molecule has 0 saturated heterocycles. The van der Waals surface area contributed by atoms with E-state index in [1.807, 2.05) is 35.7 Å². The van der Waals surface area contributed by atoms with Gasteiger partial charge in [-0.2, -0.15) is 5.10 Å². The second-order valence-electron chi connectivity index (χ2n) is 5.83. The highest BCUT2D eigenvalue weighted by Crippen LogP contribution is 2.15. The van der Waals surface area contributed by atoms with Crippen molar-refractivity contribution in [2.24, 2.45) is 7.05 Å². The van der Waals surface area contributed by atoms with Gasteiger partial charge < -0.3 is 15.4 Å². The minimum Gasteiger partial charge on any atom is -0.497 e. The zero-order valence-corrected chi connectivity index (χ0v) is 15.9. The third kappa shape index (κ3) is 4.73. The summed E-state index contributed by atoms with van der Waals surface area (Å²) in [5, 5.41) is 11.6. The van der Waals surface area contributed by atoms with E-state index in [1.54, 1.807) is 26.3 Å². The molecule has 0 aliphatic carbocycles. The minimum atomic E-state index is -0.287. The number of aromatic nitrogens is 2. The maximum absolute atomic E-state index is 12.3. The van der Waals surface area contributed by atoms with Crippen LogP contribution in [0.4, 0.5) is 5.82 Å². The van der Waals surface area contributed by atoms with Gasteiger partial charge in [0.05, 0.1) is 12.0 Å². The van der Waals surface area contributed by atoms with Crippen molar-refractivity contribution in [2.45, 2.75) is 6.42 Å². The van der Waals surface area contributed by atoms with Gasteiger partial charge in [0.2, 0.25) is 0 Å². The number of hydrogen-bond acceptors (Lipinski definition) is 5. The molecule has 0 saturated carbocycles. The Kier molecular flexibility index (Phi) is 5.87. The molecule has 0 bridgehead atoms. The van der Waals surface area contributed by atoms with E-state index in [1.165, 1.54) is 16.0 Å². The Morgan fingerprint density at radius 3 is 2.78 bits per heavy atom. The van der Waals surface area contributed by atoms with Gasteiger partial charge in [0.25, 0.3) is 11.8 Å². The van der Waals surface area contributed by atoms with Crippen LogP contribution < -0.4 is 15.4 Å². The van der Waals surface area contributed by atoms with Gasteiger partial charge in [0, 0.05) is 19.7 Å².